The number of nitrogens with zero attached hydrogens (tertiary/aromatic N) is 2. The summed E-state index contributed by atoms with van der Waals surface area (Å²) >= 11 is 0. The first-order valence-corrected chi connectivity index (χ1v) is 6.58. The maximum absolute atomic E-state index is 5.87. The van der Waals surface area contributed by atoms with Crippen molar-refractivity contribution >= 4 is 5.82 Å². The van der Waals surface area contributed by atoms with Crippen molar-refractivity contribution in [1.29, 1.82) is 0 Å². The van der Waals surface area contributed by atoms with Crippen LogP contribution in [0.25, 0.3) is 0 Å². The summed E-state index contributed by atoms with van der Waals surface area (Å²) in [6.07, 6.45) is 0.163. The van der Waals surface area contributed by atoms with Crippen LogP contribution in [-0.4, -0.2) is 44.5 Å². The quantitative estimate of drug-likeness (QED) is 0.880. The van der Waals surface area contributed by atoms with Crippen molar-refractivity contribution in [3.63, 3.8) is 0 Å². The van der Waals surface area contributed by atoms with Crippen LogP contribution in [0.1, 0.15) is 16.8 Å². The molecule has 2 unspecified atom stereocenters. The third-order valence-corrected chi connectivity index (χ3v) is 3.78. The highest BCUT2D eigenvalue weighted by Gasteiger charge is 2.34. The number of pyridine rings is 1. The second kappa shape index (κ2) is 5.86. The number of methoxy groups -OCH3 is 2. The van der Waals surface area contributed by atoms with E-state index in [0.717, 1.165) is 30.2 Å². The van der Waals surface area contributed by atoms with E-state index in [2.05, 4.69) is 22.9 Å². The lowest BCUT2D eigenvalue weighted by Crippen LogP contribution is -2.27. The number of hydrogen-bond donors (Lipinski definition) is 1. The van der Waals surface area contributed by atoms with E-state index in [-0.39, 0.29) is 12.2 Å². The number of hydrogen-bond acceptors (Lipinski definition) is 5. The topological polar surface area (TPSA) is 60.6 Å². The molecule has 5 heteroatoms. The highest BCUT2D eigenvalue weighted by Crippen LogP contribution is 2.27. The van der Waals surface area contributed by atoms with Crippen LogP contribution >= 0.6 is 0 Å². The van der Waals surface area contributed by atoms with Gasteiger partial charge in [-0.15, -0.1) is 0 Å². The molecule has 2 heterocycles. The summed E-state index contributed by atoms with van der Waals surface area (Å²) in [4.78, 5) is 6.87. The van der Waals surface area contributed by atoms with Gasteiger partial charge in [0.1, 0.15) is 18.0 Å². The zero-order valence-electron chi connectivity index (χ0n) is 12.1. The van der Waals surface area contributed by atoms with Crippen LogP contribution in [0.2, 0.25) is 0 Å². The van der Waals surface area contributed by atoms with Crippen molar-refractivity contribution in [1.82, 2.24) is 4.98 Å². The molecular formula is C14H23N3O2. The molecule has 0 aromatic carbocycles. The van der Waals surface area contributed by atoms with Crippen LogP contribution in [0.5, 0.6) is 0 Å². The Hall–Kier alpha value is -1.17. The van der Waals surface area contributed by atoms with Gasteiger partial charge < -0.3 is 20.1 Å². The van der Waals surface area contributed by atoms with E-state index in [1.165, 1.54) is 5.56 Å². The second-order valence-corrected chi connectivity index (χ2v) is 5.04. The highest BCUT2D eigenvalue weighted by atomic mass is 16.5. The fourth-order valence-corrected chi connectivity index (χ4v) is 2.73. The van der Waals surface area contributed by atoms with Crippen molar-refractivity contribution in [2.24, 2.45) is 5.73 Å². The number of ether oxygens (including phenoxy) is 2. The maximum atomic E-state index is 5.87. The van der Waals surface area contributed by atoms with E-state index in [1.807, 2.05) is 6.92 Å². The van der Waals surface area contributed by atoms with Crippen molar-refractivity contribution < 1.29 is 9.47 Å². The predicted molar refractivity (Wildman–Crippen MR) is 75.4 cm³/mol. The van der Waals surface area contributed by atoms with Gasteiger partial charge in [0, 0.05) is 45.1 Å². The molecule has 0 saturated carbocycles. The number of aryl methyl sites for hydroxylation is 2. The number of nitrogens with two attached hydrogens (primary N) is 1. The molecule has 0 aliphatic carbocycles. The van der Waals surface area contributed by atoms with E-state index < -0.39 is 0 Å². The minimum absolute atomic E-state index is 0.0817. The monoisotopic (exact) mass is 265 g/mol. The molecule has 0 spiro atoms. The Morgan fingerprint density at radius 3 is 2.32 bits per heavy atom. The molecule has 1 aliphatic heterocycles. The Bertz CT molecular complexity index is 439. The van der Waals surface area contributed by atoms with Gasteiger partial charge in [0.15, 0.2) is 0 Å². The number of anilines is 1. The van der Waals surface area contributed by atoms with Gasteiger partial charge in [-0.25, -0.2) is 4.98 Å². The lowest BCUT2D eigenvalue weighted by Gasteiger charge is -2.22. The average Bonchev–Trinajstić information content (AvgIpc) is 2.81. The summed E-state index contributed by atoms with van der Waals surface area (Å²) in [5, 5.41) is 0. The first kappa shape index (κ1) is 14.2. The molecule has 5 nitrogen and oxygen atoms in total. The third kappa shape index (κ3) is 2.73. The fourth-order valence-electron chi connectivity index (χ4n) is 2.73. The van der Waals surface area contributed by atoms with Crippen molar-refractivity contribution in [2.75, 3.05) is 32.2 Å². The summed E-state index contributed by atoms with van der Waals surface area (Å²) in [7, 11) is 3.44. The Labute approximate surface area is 114 Å². The Balaban J connectivity index is 2.32. The van der Waals surface area contributed by atoms with E-state index in [1.54, 1.807) is 14.2 Å². The van der Waals surface area contributed by atoms with Crippen LogP contribution < -0.4 is 10.6 Å². The highest BCUT2D eigenvalue weighted by molar-refractivity contribution is 5.52. The molecular weight excluding hydrogens is 242 g/mol. The molecule has 1 aliphatic rings. The Morgan fingerprint density at radius 1 is 1.26 bits per heavy atom. The second-order valence-electron chi connectivity index (χ2n) is 5.04. The molecule has 2 N–H and O–H groups in total. The molecule has 1 aromatic heterocycles. The molecule has 1 fully saturated rings. The summed E-state index contributed by atoms with van der Waals surface area (Å²) in [6.45, 7) is 6.17. The minimum atomic E-state index is 0.0817. The first-order valence-electron chi connectivity index (χ1n) is 6.58. The van der Waals surface area contributed by atoms with E-state index in [0.29, 0.717) is 6.54 Å². The van der Waals surface area contributed by atoms with Gasteiger partial charge in [0.2, 0.25) is 0 Å². The summed E-state index contributed by atoms with van der Waals surface area (Å²) in [5.41, 5.74) is 9.19. The average molecular weight is 265 g/mol. The van der Waals surface area contributed by atoms with E-state index in [4.69, 9.17) is 15.2 Å². The van der Waals surface area contributed by atoms with Gasteiger partial charge in [-0.3, -0.25) is 0 Å². The van der Waals surface area contributed by atoms with Gasteiger partial charge in [-0.05, 0) is 25.5 Å². The molecule has 1 aromatic rings. The van der Waals surface area contributed by atoms with Crippen LogP contribution in [-0.2, 0) is 16.0 Å². The molecule has 19 heavy (non-hydrogen) atoms. The zero-order chi connectivity index (χ0) is 14.0. The summed E-state index contributed by atoms with van der Waals surface area (Å²) in [5.74, 6) is 0.974. The maximum Gasteiger partial charge on any atom is 0.133 e. The normalized spacial score (nSPS) is 23.1. The lowest BCUT2D eigenvalue weighted by atomic mass is 10.1. The molecule has 106 valence electrons. The fraction of sp³-hybridized carbons (Fsp3) is 0.643. The van der Waals surface area contributed by atoms with Crippen LogP contribution in [0.4, 0.5) is 5.82 Å². The molecule has 1 saturated heterocycles. The predicted octanol–water partition coefficient (Wildman–Crippen LogP) is 1.01. The Morgan fingerprint density at radius 2 is 1.84 bits per heavy atom. The molecule has 0 radical (unpaired) electrons. The summed E-state index contributed by atoms with van der Waals surface area (Å²) in [6, 6.07) is 2.07. The third-order valence-electron chi connectivity index (χ3n) is 3.78. The van der Waals surface area contributed by atoms with Crippen molar-refractivity contribution in [3.05, 3.63) is 22.9 Å². The van der Waals surface area contributed by atoms with E-state index >= 15 is 0 Å². The zero-order valence-corrected chi connectivity index (χ0v) is 12.1. The Kier molecular flexibility index (Phi) is 4.39. The van der Waals surface area contributed by atoms with Crippen LogP contribution in [0.15, 0.2) is 6.07 Å². The SMILES string of the molecule is COC1CN(c2nc(C)cc(C)c2CN)CC1OC. The lowest BCUT2D eigenvalue weighted by molar-refractivity contribution is -0.00461. The molecule has 2 rings (SSSR count). The van der Waals surface area contributed by atoms with Crippen molar-refractivity contribution in [3.8, 4) is 0 Å². The largest absolute Gasteiger partial charge is 0.377 e. The van der Waals surface area contributed by atoms with Gasteiger partial charge in [0.25, 0.3) is 0 Å². The molecule has 0 amide bonds. The molecule has 2 atom stereocenters. The first-order chi connectivity index (χ1) is 9.10. The van der Waals surface area contributed by atoms with E-state index in [9.17, 15) is 0 Å². The van der Waals surface area contributed by atoms with Gasteiger partial charge in [0.05, 0.1) is 0 Å². The minimum Gasteiger partial charge on any atom is -0.377 e. The summed E-state index contributed by atoms with van der Waals surface area (Å²) < 4.78 is 10.9. The van der Waals surface area contributed by atoms with Gasteiger partial charge in [-0.2, -0.15) is 0 Å². The van der Waals surface area contributed by atoms with Crippen LogP contribution in [0, 0.1) is 13.8 Å². The van der Waals surface area contributed by atoms with Gasteiger partial charge >= 0.3 is 0 Å². The standard InChI is InChI=1S/C14H23N3O2/c1-9-5-10(2)16-14(11(9)6-15)17-7-12(18-3)13(8-17)19-4/h5,12-13H,6-8,15H2,1-4H3. The number of aromatic nitrogens is 1. The van der Waals surface area contributed by atoms with Crippen molar-refractivity contribution in [2.45, 2.75) is 32.6 Å². The molecule has 0 bridgehead atoms. The van der Waals surface area contributed by atoms with Crippen LogP contribution in [0.3, 0.4) is 0 Å². The van der Waals surface area contributed by atoms with Gasteiger partial charge in [-0.1, -0.05) is 0 Å². The smallest absolute Gasteiger partial charge is 0.133 e. The number of rotatable bonds is 4.